The Morgan fingerprint density at radius 3 is 2.43 bits per heavy atom. The Morgan fingerprint density at radius 2 is 2.00 bits per heavy atom. The van der Waals surface area contributed by atoms with Crippen molar-refractivity contribution < 1.29 is 14.7 Å². The van der Waals surface area contributed by atoms with Crippen molar-refractivity contribution in [1.82, 2.24) is 4.90 Å². The van der Waals surface area contributed by atoms with Gasteiger partial charge in [-0.2, -0.15) is 5.26 Å². The Hall–Kier alpha value is -1.57. The van der Waals surface area contributed by atoms with Crippen LogP contribution < -0.4 is 0 Å². The van der Waals surface area contributed by atoms with E-state index >= 15 is 0 Å². The number of rotatable bonds is 2. The summed E-state index contributed by atoms with van der Waals surface area (Å²) < 4.78 is 0. The third kappa shape index (κ3) is 2.46. The lowest BCUT2D eigenvalue weighted by molar-refractivity contribution is -0.123. The van der Waals surface area contributed by atoms with Crippen LogP contribution in [0.1, 0.15) is 19.3 Å². The molecule has 1 N–H and O–H groups in total. The molecule has 14 heavy (non-hydrogen) atoms. The van der Waals surface area contributed by atoms with E-state index in [2.05, 4.69) is 0 Å². The number of hydrogen-bond donors (Lipinski definition) is 1. The molecule has 1 aliphatic rings. The maximum atomic E-state index is 11.3. The number of nitriles is 1. The first-order chi connectivity index (χ1) is 6.65. The topological polar surface area (TPSA) is 81.4 Å². The Morgan fingerprint density at radius 1 is 1.43 bits per heavy atom. The maximum absolute atomic E-state index is 11.3. The molecule has 1 rings (SSSR count). The minimum Gasteiger partial charge on any atom is -0.465 e. The second kappa shape index (κ2) is 4.61. The van der Waals surface area contributed by atoms with Crippen LogP contribution in [-0.4, -0.2) is 35.0 Å². The van der Waals surface area contributed by atoms with Gasteiger partial charge in [-0.25, -0.2) is 4.79 Å². The van der Waals surface area contributed by atoms with Gasteiger partial charge in [0, 0.05) is 19.0 Å². The average Bonchev–Trinajstić information content (AvgIpc) is 2.18. The SMILES string of the molecule is N#CCC(=O)C1CCN(C(=O)O)CC1. The molecular weight excluding hydrogens is 184 g/mol. The molecule has 0 bridgehead atoms. The molecule has 0 atom stereocenters. The fourth-order valence-corrected chi connectivity index (χ4v) is 1.62. The number of carboxylic acid groups (broad SMARTS) is 1. The molecule has 1 aliphatic heterocycles. The van der Waals surface area contributed by atoms with E-state index in [1.165, 1.54) is 4.90 Å². The number of amides is 1. The summed E-state index contributed by atoms with van der Waals surface area (Å²) in [5.74, 6) is -0.178. The summed E-state index contributed by atoms with van der Waals surface area (Å²) in [7, 11) is 0. The summed E-state index contributed by atoms with van der Waals surface area (Å²) in [6.45, 7) is 0.800. The fraction of sp³-hybridized carbons (Fsp3) is 0.667. The van der Waals surface area contributed by atoms with Gasteiger partial charge in [0.15, 0.2) is 0 Å². The predicted molar refractivity (Wildman–Crippen MR) is 47.6 cm³/mol. The zero-order valence-electron chi connectivity index (χ0n) is 7.77. The largest absolute Gasteiger partial charge is 0.465 e. The Labute approximate surface area is 81.9 Å². The minimum absolute atomic E-state index is 0.0578. The van der Waals surface area contributed by atoms with Crippen molar-refractivity contribution in [3.63, 3.8) is 0 Å². The molecule has 0 aromatic rings. The molecule has 0 unspecified atom stereocenters. The van der Waals surface area contributed by atoms with Crippen molar-refractivity contribution in [2.24, 2.45) is 5.92 Å². The molecule has 0 spiro atoms. The lowest BCUT2D eigenvalue weighted by Crippen LogP contribution is -2.39. The summed E-state index contributed by atoms with van der Waals surface area (Å²) in [6, 6.07) is 1.82. The summed E-state index contributed by atoms with van der Waals surface area (Å²) >= 11 is 0. The maximum Gasteiger partial charge on any atom is 0.407 e. The van der Waals surface area contributed by atoms with E-state index < -0.39 is 6.09 Å². The van der Waals surface area contributed by atoms with Gasteiger partial charge in [-0.15, -0.1) is 0 Å². The van der Waals surface area contributed by atoms with Gasteiger partial charge in [-0.1, -0.05) is 0 Å². The minimum atomic E-state index is -0.934. The van der Waals surface area contributed by atoms with E-state index in [4.69, 9.17) is 10.4 Å². The highest BCUT2D eigenvalue weighted by atomic mass is 16.4. The van der Waals surface area contributed by atoms with Crippen LogP contribution in [0.15, 0.2) is 0 Å². The molecule has 1 amide bonds. The highest BCUT2D eigenvalue weighted by Crippen LogP contribution is 2.19. The Balaban J connectivity index is 2.40. The van der Waals surface area contributed by atoms with Crippen molar-refractivity contribution in [2.75, 3.05) is 13.1 Å². The lowest BCUT2D eigenvalue weighted by Gasteiger charge is -2.28. The molecule has 0 aromatic heterocycles. The summed E-state index contributed by atoms with van der Waals surface area (Å²) in [6.07, 6.45) is 0.105. The van der Waals surface area contributed by atoms with Crippen LogP contribution in [-0.2, 0) is 4.79 Å². The highest BCUT2D eigenvalue weighted by Gasteiger charge is 2.26. The molecule has 76 valence electrons. The molecule has 0 aliphatic carbocycles. The van der Waals surface area contributed by atoms with Crippen LogP contribution in [0.3, 0.4) is 0 Å². The van der Waals surface area contributed by atoms with Crippen LogP contribution in [0, 0.1) is 17.2 Å². The van der Waals surface area contributed by atoms with Gasteiger partial charge in [0.25, 0.3) is 0 Å². The third-order valence-corrected chi connectivity index (χ3v) is 2.47. The smallest absolute Gasteiger partial charge is 0.407 e. The molecule has 1 saturated heterocycles. The number of carbonyl (C=O) groups is 2. The number of likely N-dealkylation sites (tertiary alicyclic amines) is 1. The molecule has 0 radical (unpaired) electrons. The zero-order chi connectivity index (χ0) is 10.6. The Bertz CT molecular complexity index is 274. The highest BCUT2D eigenvalue weighted by molar-refractivity contribution is 5.83. The fourth-order valence-electron chi connectivity index (χ4n) is 1.62. The standard InChI is InChI=1S/C9H12N2O3/c10-4-1-8(12)7-2-5-11(6-3-7)9(13)14/h7H,1-3,5-6H2,(H,13,14). The van der Waals surface area contributed by atoms with Crippen LogP contribution >= 0.6 is 0 Å². The van der Waals surface area contributed by atoms with Crippen molar-refractivity contribution in [2.45, 2.75) is 19.3 Å². The van der Waals surface area contributed by atoms with Crippen LogP contribution in [0.25, 0.3) is 0 Å². The van der Waals surface area contributed by atoms with Crippen molar-refractivity contribution in [3.8, 4) is 6.07 Å². The molecular formula is C9H12N2O3. The van der Waals surface area contributed by atoms with Gasteiger partial charge >= 0.3 is 6.09 Å². The van der Waals surface area contributed by atoms with E-state index in [-0.39, 0.29) is 18.1 Å². The van der Waals surface area contributed by atoms with E-state index in [1.54, 1.807) is 0 Å². The van der Waals surface area contributed by atoms with Gasteiger partial charge in [0.05, 0.1) is 12.5 Å². The third-order valence-electron chi connectivity index (χ3n) is 2.47. The summed E-state index contributed by atoms with van der Waals surface area (Å²) in [5.41, 5.74) is 0. The van der Waals surface area contributed by atoms with Crippen LogP contribution in [0.4, 0.5) is 4.79 Å². The number of nitrogens with zero attached hydrogens (tertiary/aromatic N) is 2. The summed E-state index contributed by atoms with van der Waals surface area (Å²) in [5, 5.41) is 17.0. The first-order valence-corrected chi connectivity index (χ1v) is 4.52. The zero-order valence-corrected chi connectivity index (χ0v) is 7.77. The van der Waals surface area contributed by atoms with Gasteiger partial charge in [0.1, 0.15) is 5.78 Å². The second-order valence-corrected chi connectivity index (χ2v) is 3.35. The number of Topliss-reactive ketones (excluding diaryl/α,β-unsaturated/α-hetero) is 1. The first-order valence-electron chi connectivity index (χ1n) is 4.52. The van der Waals surface area contributed by atoms with Crippen molar-refractivity contribution in [3.05, 3.63) is 0 Å². The Kier molecular flexibility index (Phi) is 3.46. The van der Waals surface area contributed by atoms with Gasteiger partial charge in [-0.3, -0.25) is 4.79 Å². The number of carbonyl (C=O) groups excluding carboxylic acids is 1. The summed E-state index contributed by atoms with van der Waals surface area (Å²) in [4.78, 5) is 23.1. The van der Waals surface area contributed by atoms with Crippen molar-refractivity contribution in [1.29, 1.82) is 5.26 Å². The number of hydrogen-bond acceptors (Lipinski definition) is 3. The molecule has 5 heteroatoms. The van der Waals surface area contributed by atoms with E-state index in [1.807, 2.05) is 6.07 Å². The van der Waals surface area contributed by atoms with E-state index in [0.29, 0.717) is 25.9 Å². The van der Waals surface area contributed by atoms with Crippen LogP contribution in [0.2, 0.25) is 0 Å². The van der Waals surface area contributed by atoms with Gasteiger partial charge in [0.2, 0.25) is 0 Å². The number of piperidine rings is 1. The average molecular weight is 196 g/mol. The second-order valence-electron chi connectivity index (χ2n) is 3.35. The molecule has 1 fully saturated rings. The van der Waals surface area contributed by atoms with E-state index in [0.717, 1.165) is 0 Å². The molecule has 0 saturated carbocycles. The number of ketones is 1. The first kappa shape index (κ1) is 10.5. The molecule has 1 heterocycles. The van der Waals surface area contributed by atoms with Crippen LogP contribution in [0.5, 0.6) is 0 Å². The molecule has 0 aromatic carbocycles. The molecule has 5 nitrogen and oxygen atoms in total. The van der Waals surface area contributed by atoms with Crippen molar-refractivity contribution >= 4 is 11.9 Å². The quantitative estimate of drug-likeness (QED) is 0.710. The monoisotopic (exact) mass is 196 g/mol. The van der Waals surface area contributed by atoms with Gasteiger partial charge < -0.3 is 10.0 Å². The lowest BCUT2D eigenvalue weighted by atomic mass is 9.91. The van der Waals surface area contributed by atoms with E-state index in [9.17, 15) is 9.59 Å². The van der Waals surface area contributed by atoms with Gasteiger partial charge in [-0.05, 0) is 12.8 Å². The predicted octanol–water partition coefficient (Wildman–Crippen LogP) is 0.859. The normalized spacial score (nSPS) is 17.5.